The van der Waals surface area contributed by atoms with Crippen molar-refractivity contribution >= 4 is 39.1 Å². The highest BCUT2D eigenvalue weighted by atomic mass is 79.9. The van der Waals surface area contributed by atoms with E-state index < -0.39 is 0 Å². The monoisotopic (exact) mass is 465 g/mol. The highest BCUT2D eigenvalue weighted by Crippen LogP contribution is 2.29. The molecule has 148 valence electrons. The number of aryl methyl sites for hydroxylation is 2. The van der Waals surface area contributed by atoms with E-state index in [1.54, 1.807) is 23.1 Å². The fraction of sp³-hybridized carbons (Fsp3) is 0.368. The smallest absolute Gasteiger partial charge is 0.257 e. The Labute approximate surface area is 176 Å². The molecule has 0 radical (unpaired) electrons. The number of hydrogen-bond donors (Lipinski definition) is 2. The summed E-state index contributed by atoms with van der Waals surface area (Å²) in [7, 11) is 0. The number of nitrogens with two attached hydrogens (primary N) is 1. The molecule has 1 aliphatic heterocycles. The van der Waals surface area contributed by atoms with E-state index in [0.29, 0.717) is 59.0 Å². The van der Waals surface area contributed by atoms with E-state index >= 15 is 0 Å². The van der Waals surface area contributed by atoms with Crippen LogP contribution in [0, 0.1) is 19.3 Å². The van der Waals surface area contributed by atoms with Crippen LogP contribution in [-0.4, -0.2) is 52.7 Å². The van der Waals surface area contributed by atoms with Crippen molar-refractivity contribution in [2.45, 2.75) is 19.8 Å². The molecule has 1 saturated heterocycles. The lowest BCUT2D eigenvalue weighted by Gasteiger charge is -2.18. The minimum Gasteiger partial charge on any atom is -0.491 e. The molecule has 1 fully saturated rings. The zero-order valence-corrected chi connectivity index (χ0v) is 18.0. The van der Waals surface area contributed by atoms with Crippen LogP contribution in [0.2, 0.25) is 5.02 Å². The quantitative estimate of drug-likeness (QED) is 0.704. The molecule has 1 atom stereocenters. The van der Waals surface area contributed by atoms with Crippen LogP contribution in [0.1, 0.15) is 33.5 Å². The largest absolute Gasteiger partial charge is 0.491 e. The second-order valence-electron chi connectivity index (χ2n) is 6.61. The van der Waals surface area contributed by atoms with E-state index in [9.17, 15) is 4.79 Å². The first-order chi connectivity index (χ1) is 13.3. The summed E-state index contributed by atoms with van der Waals surface area (Å²) in [4.78, 5) is 23.6. The SMILES string of the molecule is Cc1nc(C2CN(C(=O)c3ccc(Br)cc3OCCN)CC2=N)nc(C)c1Cl. The first-order valence-corrected chi connectivity index (χ1v) is 9.98. The average molecular weight is 467 g/mol. The van der Waals surface area contributed by atoms with Crippen molar-refractivity contribution in [3.05, 3.63) is 50.5 Å². The molecule has 9 heteroatoms. The number of halogens is 2. The summed E-state index contributed by atoms with van der Waals surface area (Å²) >= 11 is 9.55. The molecule has 0 aliphatic carbocycles. The molecule has 1 amide bonds. The molecule has 2 aromatic rings. The van der Waals surface area contributed by atoms with Gasteiger partial charge in [-0.3, -0.25) is 4.79 Å². The van der Waals surface area contributed by atoms with E-state index in [1.165, 1.54) is 0 Å². The Morgan fingerprint density at radius 2 is 2.07 bits per heavy atom. The molecule has 1 aromatic heterocycles. The summed E-state index contributed by atoms with van der Waals surface area (Å²) in [5.41, 5.74) is 7.70. The van der Waals surface area contributed by atoms with Gasteiger partial charge in [0.1, 0.15) is 18.2 Å². The summed E-state index contributed by atoms with van der Waals surface area (Å²) in [6.07, 6.45) is 0. The maximum atomic E-state index is 13.1. The lowest BCUT2D eigenvalue weighted by Crippen LogP contribution is -2.29. The second kappa shape index (κ2) is 8.55. The number of rotatable bonds is 5. The molecular formula is C19H21BrClN5O2. The molecule has 28 heavy (non-hydrogen) atoms. The Hall–Kier alpha value is -2.03. The number of likely N-dealkylation sites (tertiary alicyclic amines) is 1. The molecule has 0 bridgehead atoms. The molecule has 7 nitrogen and oxygen atoms in total. The third kappa shape index (κ3) is 4.19. The van der Waals surface area contributed by atoms with Crippen LogP contribution in [0.3, 0.4) is 0 Å². The summed E-state index contributed by atoms with van der Waals surface area (Å²) < 4.78 is 6.44. The zero-order valence-electron chi connectivity index (χ0n) is 15.6. The number of nitrogens with zero attached hydrogens (tertiary/aromatic N) is 3. The minimum atomic E-state index is -0.345. The fourth-order valence-corrected chi connectivity index (χ4v) is 3.54. The first-order valence-electron chi connectivity index (χ1n) is 8.81. The van der Waals surface area contributed by atoms with Crippen LogP contribution < -0.4 is 10.5 Å². The number of benzene rings is 1. The van der Waals surface area contributed by atoms with Gasteiger partial charge in [0.2, 0.25) is 0 Å². The van der Waals surface area contributed by atoms with E-state index in [2.05, 4.69) is 25.9 Å². The van der Waals surface area contributed by atoms with Crippen molar-refractivity contribution in [3.8, 4) is 5.75 Å². The van der Waals surface area contributed by atoms with Crippen molar-refractivity contribution in [2.75, 3.05) is 26.2 Å². The number of carbonyl (C=O) groups excluding carboxylic acids is 1. The molecule has 2 heterocycles. The molecule has 0 spiro atoms. The Morgan fingerprint density at radius 1 is 1.39 bits per heavy atom. The van der Waals surface area contributed by atoms with Gasteiger partial charge in [-0.25, -0.2) is 9.97 Å². The number of aromatic nitrogens is 2. The van der Waals surface area contributed by atoms with Gasteiger partial charge in [0.25, 0.3) is 5.91 Å². The Morgan fingerprint density at radius 3 is 2.71 bits per heavy atom. The Balaban J connectivity index is 1.85. The predicted molar refractivity (Wildman–Crippen MR) is 112 cm³/mol. The summed E-state index contributed by atoms with van der Waals surface area (Å²) in [6, 6.07) is 5.25. The predicted octanol–water partition coefficient (Wildman–Crippen LogP) is 3.11. The minimum absolute atomic E-state index is 0.200. The van der Waals surface area contributed by atoms with Crippen LogP contribution >= 0.6 is 27.5 Å². The molecule has 1 aliphatic rings. The van der Waals surface area contributed by atoms with Gasteiger partial charge in [-0.15, -0.1) is 0 Å². The maximum absolute atomic E-state index is 13.1. The van der Waals surface area contributed by atoms with Crippen LogP contribution in [0.15, 0.2) is 22.7 Å². The van der Waals surface area contributed by atoms with Crippen LogP contribution in [0.25, 0.3) is 0 Å². The highest BCUT2D eigenvalue weighted by molar-refractivity contribution is 9.10. The topological polar surface area (TPSA) is 105 Å². The first kappa shape index (κ1) is 20.7. The number of ether oxygens (including phenoxy) is 1. The molecule has 3 rings (SSSR count). The maximum Gasteiger partial charge on any atom is 0.257 e. The van der Waals surface area contributed by atoms with E-state index in [1.807, 2.05) is 13.8 Å². The van der Waals surface area contributed by atoms with Crippen LogP contribution in [-0.2, 0) is 0 Å². The molecule has 1 aromatic carbocycles. The summed E-state index contributed by atoms with van der Waals surface area (Å²) in [6.45, 7) is 4.84. The number of nitrogens with one attached hydrogen (secondary N) is 1. The van der Waals surface area contributed by atoms with E-state index in [0.717, 1.165) is 4.47 Å². The van der Waals surface area contributed by atoms with Gasteiger partial charge in [-0.05, 0) is 32.0 Å². The van der Waals surface area contributed by atoms with Gasteiger partial charge >= 0.3 is 0 Å². The van der Waals surface area contributed by atoms with E-state index in [4.69, 9.17) is 27.5 Å². The van der Waals surface area contributed by atoms with Gasteiger partial charge < -0.3 is 20.8 Å². The van der Waals surface area contributed by atoms with Crippen molar-refractivity contribution in [3.63, 3.8) is 0 Å². The Kier molecular flexibility index (Phi) is 6.32. The average Bonchev–Trinajstić information content (AvgIpc) is 3.05. The van der Waals surface area contributed by atoms with Crippen molar-refractivity contribution in [2.24, 2.45) is 5.73 Å². The van der Waals surface area contributed by atoms with E-state index in [-0.39, 0.29) is 18.4 Å². The second-order valence-corrected chi connectivity index (χ2v) is 7.90. The van der Waals surface area contributed by atoms with Crippen LogP contribution in [0.4, 0.5) is 0 Å². The number of hydrogen-bond acceptors (Lipinski definition) is 6. The third-order valence-corrected chi connectivity index (χ3v) is 5.57. The van der Waals surface area contributed by atoms with Crippen molar-refractivity contribution < 1.29 is 9.53 Å². The summed E-state index contributed by atoms with van der Waals surface area (Å²) in [5, 5.41) is 8.89. The van der Waals surface area contributed by atoms with Gasteiger partial charge in [-0.1, -0.05) is 27.5 Å². The highest BCUT2D eigenvalue weighted by Gasteiger charge is 2.35. The molecule has 0 saturated carbocycles. The molecule has 1 unspecified atom stereocenters. The van der Waals surface area contributed by atoms with Gasteiger partial charge in [0, 0.05) is 23.3 Å². The molecular weight excluding hydrogens is 446 g/mol. The fourth-order valence-electron chi connectivity index (χ4n) is 3.12. The normalized spacial score (nSPS) is 16.5. The third-order valence-electron chi connectivity index (χ3n) is 4.53. The lowest BCUT2D eigenvalue weighted by molar-refractivity contribution is 0.0790. The number of amides is 1. The van der Waals surface area contributed by atoms with Gasteiger partial charge in [-0.2, -0.15) is 0 Å². The molecule has 3 N–H and O–H groups in total. The Bertz CT molecular complexity index is 914. The standard InChI is InChI=1S/C19H21BrClN5O2/c1-10-17(21)11(2)25-18(24-10)14-8-26(9-15(14)23)19(27)13-4-3-12(20)7-16(13)28-6-5-22/h3-4,7,14,23H,5-6,8-9,22H2,1-2H3. The van der Waals surface area contributed by atoms with Gasteiger partial charge in [0.05, 0.1) is 34.4 Å². The van der Waals surface area contributed by atoms with Crippen molar-refractivity contribution in [1.82, 2.24) is 14.9 Å². The van der Waals surface area contributed by atoms with Gasteiger partial charge in [0.15, 0.2) is 0 Å². The lowest BCUT2D eigenvalue weighted by atomic mass is 10.1. The zero-order chi connectivity index (χ0) is 20.4. The summed E-state index contributed by atoms with van der Waals surface area (Å²) in [5.74, 6) is 0.445. The van der Waals surface area contributed by atoms with Crippen LogP contribution in [0.5, 0.6) is 5.75 Å². The van der Waals surface area contributed by atoms with Crippen molar-refractivity contribution in [1.29, 1.82) is 5.41 Å². The number of carbonyl (C=O) groups is 1.